The van der Waals surface area contributed by atoms with Gasteiger partial charge in [-0.05, 0) is 35.6 Å². The maximum absolute atomic E-state index is 12.9. The third kappa shape index (κ3) is 3.28. The van der Waals surface area contributed by atoms with Gasteiger partial charge in [-0.1, -0.05) is 12.1 Å². The molecule has 1 saturated heterocycles. The molecule has 1 aliphatic rings. The number of hydrogen-bond acceptors (Lipinski definition) is 7. The summed E-state index contributed by atoms with van der Waals surface area (Å²) in [5.41, 5.74) is 1.18. The van der Waals surface area contributed by atoms with Crippen molar-refractivity contribution in [3.63, 3.8) is 0 Å². The first-order chi connectivity index (χ1) is 13.8. The number of rotatable bonds is 4. The SMILES string of the molecule is Cc1ccc(O)c(S(=O)(=O)N2CCN(c3nc4ccccn4c3[N+](=O)[O-])CC2)c1. The quantitative estimate of drug-likeness (QED) is 0.507. The summed E-state index contributed by atoms with van der Waals surface area (Å²) in [4.78, 5) is 17.1. The van der Waals surface area contributed by atoms with Gasteiger partial charge in [-0.3, -0.25) is 0 Å². The van der Waals surface area contributed by atoms with E-state index in [-0.39, 0.29) is 48.5 Å². The molecule has 11 heteroatoms. The molecule has 1 aromatic carbocycles. The first-order valence-corrected chi connectivity index (χ1v) is 10.4. The Labute approximate surface area is 166 Å². The van der Waals surface area contributed by atoms with Crippen LogP contribution in [0.3, 0.4) is 0 Å². The minimum Gasteiger partial charge on any atom is -0.507 e. The highest BCUT2D eigenvalue weighted by Gasteiger charge is 2.34. The van der Waals surface area contributed by atoms with Gasteiger partial charge in [-0.25, -0.2) is 8.42 Å². The number of aromatic hydroxyl groups is 1. The minimum atomic E-state index is -3.87. The topological polar surface area (TPSA) is 121 Å². The summed E-state index contributed by atoms with van der Waals surface area (Å²) in [6.45, 7) is 2.49. The number of piperazine rings is 1. The number of anilines is 1. The molecule has 0 radical (unpaired) electrons. The van der Waals surface area contributed by atoms with E-state index in [0.717, 1.165) is 5.56 Å². The lowest BCUT2D eigenvalue weighted by Gasteiger charge is -2.33. The lowest BCUT2D eigenvalue weighted by atomic mass is 10.2. The van der Waals surface area contributed by atoms with Gasteiger partial charge in [0, 0.05) is 32.2 Å². The highest BCUT2D eigenvalue weighted by molar-refractivity contribution is 7.89. The van der Waals surface area contributed by atoms with Crippen molar-refractivity contribution in [3.8, 4) is 5.75 Å². The zero-order valence-corrected chi connectivity index (χ0v) is 16.4. The Kier molecular flexibility index (Phi) is 4.63. The Morgan fingerprint density at radius 3 is 2.55 bits per heavy atom. The lowest BCUT2D eigenvalue weighted by Crippen LogP contribution is -2.49. The number of phenolic OH excluding ortho intramolecular Hbond substituents is 1. The predicted octanol–water partition coefficient (Wildman–Crippen LogP) is 1.77. The van der Waals surface area contributed by atoms with Crippen LogP contribution in [0.25, 0.3) is 5.65 Å². The number of nitrogens with zero attached hydrogens (tertiary/aromatic N) is 5. The van der Waals surface area contributed by atoms with Crippen LogP contribution in [-0.2, 0) is 10.0 Å². The maximum Gasteiger partial charge on any atom is 0.372 e. The maximum atomic E-state index is 12.9. The molecule has 0 atom stereocenters. The van der Waals surface area contributed by atoms with Gasteiger partial charge >= 0.3 is 5.82 Å². The second-order valence-corrected chi connectivity index (χ2v) is 8.71. The van der Waals surface area contributed by atoms with Crippen LogP contribution in [0.1, 0.15) is 5.56 Å². The normalized spacial score (nSPS) is 15.7. The van der Waals surface area contributed by atoms with Crippen LogP contribution in [0, 0.1) is 17.0 Å². The monoisotopic (exact) mass is 417 g/mol. The minimum absolute atomic E-state index is 0.126. The number of aryl methyl sites for hydroxylation is 1. The van der Waals surface area contributed by atoms with Crippen LogP contribution >= 0.6 is 0 Å². The lowest BCUT2D eigenvalue weighted by molar-refractivity contribution is -0.389. The molecule has 3 aromatic rings. The fourth-order valence-corrected chi connectivity index (χ4v) is 5.05. The molecule has 0 aliphatic carbocycles. The molecule has 0 saturated carbocycles. The van der Waals surface area contributed by atoms with Crippen LogP contribution in [0.5, 0.6) is 5.75 Å². The highest BCUT2D eigenvalue weighted by atomic mass is 32.2. The summed E-state index contributed by atoms with van der Waals surface area (Å²) in [7, 11) is -3.87. The number of benzene rings is 1. The molecule has 29 heavy (non-hydrogen) atoms. The number of pyridine rings is 1. The van der Waals surface area contributed by atoms with Crippen molar-refractivity contribution in [3.05, 3.63) is 58.3 Å². The fourth-order valence-electron chi connectivity index (χ4n) is 3.46. The molecule has 10 nitrogen and oxygen atoms in total. The molecule has 1 aliphatic heterocycles. The van der Waals surface area contributed by atoms with Crippen molar-refractivity contribution in [2.45, 2.75) is 11.8 Å². The van der Waals surface area contributed by atoms with E-state index in [1.807, 2.05) is 0 Å². The van der Waals surface area contributed by atoms with E-state index in [1.165, 1.54) is 20.8 Å². The standard InChI is InChI=1S/C18H19N5O5S/c1-13-5-6-14(24)15(12-13)29(27,28)21-10-8-20(9-11-21)17-18(23(25)26)22-7-3-2-4-16(22)19-17/h2-7,12,24H,8-11H2,1H3. The van der Waals surface area contributed by atoms with Crippen molar-refractivity contribution < 1.29 is 18.4 Å². The molecule has 4 rings (SSSR count). The van der Waals surface area contributed by atoms with Gasteiger partial charge < -0.3 is 20.1 Å². The molecule has 152 valence electrons. The Morgan fingerprint density at radius 1 is 1.14 bits per heavy atom. The summed E-state index contributed by atoms with van der Waals surface area (Å²) in [5.74, 6) is -0.223. The molecular formula is C18H19N5O5S. The summed E-state index contributed by atoms with van der Waals surface area (Å²) < 4.78 is 28.6. The van der Waals surface area contributed by atoms with E-state index < -0.39 is 14.9 Å². The van der Waals surface area contributed by atoms with Gasteiger partial charge in [0.05, 0.1) is 6.20 Å². The van der Waals surface area contributed by atoms with Crippen LogP contribution < -0.4 is 4.90 Å². The number of aromatic nitrogens is 2. The Hall–Kier alpha value is -3.18. The first-order valence-electron chi connectivity index (χ1n) is 8.95. The predicted molar refractivity (Wildman–Crippen MR) is 106 cm³/mol. The number of sulfonamides is 1. The third-order valence-corrected chi connectivity index (χ3v) is 6.86. The number of hydrogen-bond donors (Lipinski definition) is 1. The Balaban J connectivity index is 1.60. The van der Waals surface area contributed by atoms with E-state index in [9.17, 15) is 23.6 Å². The second kappa shape index (κ2) is 7.01. The molecule has 0 unspecified atom stereocenters. The largest absolute Gasteiger partial charge is 0.507 e. The van der Waals surface area contributed by atoms with E-state index in [1.54, 1.807) is 42.3 Å². The van der Waals surface area contributed by atoms with Crippen molar-refractivity contribution in [2.75, 3.05) is 31.1 Å². The number of nitro groups is 1. The van der Waals surface area contributed by atoms with Gasteiger partial charge in [0.15, 0.2) is 0 Å². The van der Waals surface area contributed by atoms with Gasteiger partial charge in [0.25, 0.3) is 0 Å². The number of imidazole rings is 1. The van der Waals surface area contributed by atoms with Gasteiger partial charge in [0.2, 0.25) is 21.5 Å². The van der Waals surface area contributed by atoms with Crippen LogP contribution in [0.4, 0.5) is 11.6 Å². The molecular weight excluding hydrogens is 398 g/mol. The highest BCUT2D eigenvalue weighted by Crippen LogP contribution is 2.31. The summed E-state index contributed by atoms with van der Waals surface area (Å²) >= 11 is 0. The summed E-state index contributed by atoms with van der Waals surface area (Å²) in [6, 6.07) is 9.54. The fraction of sp³-hybridized carbons (Fsp3) is 0.278. The van der Waals surface area contributed by atoms with Gasteiger partial charge in [-0.2, -0.15) is 13.7 Å². The smallest absolute Gasteiger partial charge is 0.372 e. The van der Waals surface area contributed by atoms with E-state index in [2.05, 4.69) is 4.98 Å². The van der Waals surface area contributed by atoms with Gasteiger partial charge in [-0.15, -0.1) is 0 Å². The van der Waals surface area contributed by atoms with E-state index in [4.69, 9.17) is 0 Å². The Morgan fingerprint density at radius 2 is 1.86 bits per heavy atom. The third-order valence-electron chi connectivity index (χ3n) is 4.93. The van der Waals surface area contributed by atoms with E-state index in [0.29, 0.717) is 5.65 Å². The van der Waals surface area contributed by atoms with Crippen molar-refractivity contribution in [1.82, 2.24) is 13.7 Å². The van der Waals surface area contributed by atoms with Crippen molar-refractivity contribution >= 4 is 27.3 Å². The molecule has 2 aromatic heterocycles. The van der Waals surface area contributed by atoms with Crippen molar-refractivity contribution in [2.24, 2.45) is 0 Å². The Bertz CT molecular complexity index is 1200. The number of phenols is 1. The van der Waals surface area contributed by atoms with Crippen molar-refractivity contribution in [1.29, 1.82) is 0 Å². The average molecular weight is 417 g/mol. The number of fused-ring (bicyclic) bond motifs is 1. The van der Waals surface area contributed by atoms with Gasteiger partial charge in [0.1, 0.15) is 10.6 Å². The molecule has 0 amide bonds. The molecule has 0 bridgehead atoms. The first kappa shape index (κ1) is 19.2. The second-order valence-electron chi connectivity index (χ2n) is 6.81. The zero-order chi connectivity index (χ0) is 20.8. The van der Waals surface area contributed by atoms with E-state index >= 15 is 0 Å². The molecule has 1 fully saturated rings. The van der Waals surface area contributed by atoms with Crippen LogP contribution in [0.15, 0.2) is 47.5 Å². The van der Waals surface area contributed by atoms with Crippen LogP contribution in [-0.4, -0.2) is 58.3 Å². The van der Waals surface area contributed by atoms with Crippen LogP contribution in [0.2, 0.25) is 0 Å². The summed E-state index contributed by atoms with van der Waals surface area (Å²) in [6.07, 6.45) is 1.57. The molecule has 0 spiro atoms. The zero-order valence-electron chi connectivity index (χ0n) is 15.6. The molecule has 1 N–H and O–H groups in total. The average Bonchev–Trinajstić information content (AvgIpc) is 3.09. The summed E-state index contributed by atoms with van der Waals surface area (Å²) in [5, 5.41) is 21.6. The molecule has 3 heterocycles.